The molecule has 1 aliphatic rings. The molecule has 0 radical (unpaired) electrons. The van der Waals surface area contributed by atoms with Gasteiger partial charge < -0.3 is 15.5 Å². The fourth-order valence-corrected chi connectivity index (χ4v) is 3.12. The molecule has 2 N–H and O–H groups in total. The van der Waals surface area contributed by atoms with E-state index >= 15 is 0 Å². The van der Waals surface area contributed by atoms with E-state index in [4.69, 9.17) is 0 Å². The molecule has 1 aliphatic heterocycles. The second-order valence-electron chi connectivity index (χ2n) is 6.58. The Bertz CT molecular complexity index is 732. The van der Waals surface area contributed by atoms with Crippen LogP contribution in [0.2, 0.25) is 0 Å². The van der Waals surface area contributed by atoms with Gasteiger partial charge in [0.1, 0.15) is 6.54 Å². The average Bonchev–Trinajstić information content (AvgIpc) is 3.40. The number of guanidine groups is 1. The van der Waals surface area contributed by atoms with Crippen LogP contribution in [0.5, 0.6) is 0 Å². The van der Waals surface area contributed by atoms with Crippen LogP contribution in [0.1, 0.15) is 25.3 Å². The molecule has 27 heavy (non-hydrogen) atoms. The molecule has 7 nitrogen and oxygen atoms in total. The van der Waals surface area contributed by atoms with Crippen LogP contribution in [0.3, 0.4) is 0 Å². The molecule has 3 rings (SSSR count). The minimum Gasteiger partial charge on any atom is -0.357 e. The molecule has 7 heteroatoms. The van der Waals surface area contributed by atoms with E-state index in [1.54, 1.807) is 6.20 Å². The predicted molar refractivity (Wildman–Crippen MR) is 107 cm³/mol. The summed E-state index contributed by atoms with van der Waals surface area (Å²) >= 11 is 0. The summed E-state index contributed by atoms with van der Waals surface area (Å²) in [7, 11) is 0. The molecule has 0 aliphatic carbocycles. The zero-order valence-electron chi connectivity index (χ0n) is 15.9. The maximum Gasteiger partial charge on any atom is 0.244 e. The summed E-state index contributed by atoms with van der Waals surface area (Å²) in [6.45, 7) is 5.48. The number of hydrogen-bond acceptors (Lipinski definition) is 3. The Balaban J connectivity index is 1.47. The Morgan fingerprint density at radius 1 is 1.19 bits per heavy atom. The van der Waals surface area contributed by atoms with Gasteiger partial charge in [0, 0.05) is 38.6 Å². The normalized spacial score (nSPS) is 14.4. The fourth-order valence-electron chi connectivity index (χ4n) is 3.12. The average molecular weight is 368 g/mol. The topological polar surface area (TPSA) is 74.6 Å². The highest BCUT2D eigenvalue weighted by molar-refractivity contribution is 5.85. The van der Waals surface area contributed by atoms with Crippen molar-refractivity contribution >= 4 is 11.9 Å². The van der Waals surface area contributed by atoms with E-state index in [1.165, 1.54) is 5.56 Å². The Morgan fingerprint density at radius 3 is 2.63 bits per heavy atom. The zero-order chi connectivity index (χ0) is 18.9. The van der Waals surface area contributed by atoms with Crippen molar-refractivity contribution in [1.82, 2.24) is 25.3 Å². The van der Waals surface area contributed by atoms with E-state index in [0.29, 0.717) is 5.96 Å². The lowest BCUT2D eigenvalue weighted by Crippen LogP contribution is -2.39. The Morgan fingerprint density at radius 2 is 1.96 bits per heavy atom. The van der Waals surface area contributed by atoms with Crippen molar-refractivity contribution in [3.8, 4) is 5.69 Å². The van der Waals surface area contributed by atoms with Crippen LogP contribution in [-0.2, 0) is 11.2 Å². The minimum absolute atomic E-state index is 0.110. The number of hydrogen-bond donors (Lipinski definition) is 2. The molecule has 0 atom stereocenters. The highest BCUT2D eigenvalue weighted by Gasteiger charge is 2.17. The summed E-state index contributed by atoms with van der Waals surface area (Å²) in [6, 6.07) is 10.3. The molecule has 1 saturated heterocycles. The van der Waals surface area contributed by atoms with Crippen LogP contribution in [0.15, 0.2) is 47.7 Å². The van der Waals surface area contributed by atoms with Gasteiger partial charge in [0.15, 0.2) is 5.96 Å². The van der Waals surface area contributed by atoms with E-state index in [0.717, 1.165) is 51.1 Å². The number of carbonyl (C=O) groups is 1. The highest BCUT2D eigenvalue weighted by atomic mass is 16.2. The number of nitrogens with zero attached hydrogens (tertiary/aromatic N) is 4. The third-order valence-corrected chi connectivity index (χ3v) is 4.59. The van der Waals surface area contributed by atoms with Gasteiger partial charge in [0.2, 0.25) is 5.91 Å². The zero-order valence-corrected chi connectivity index (χ0v) is 15.9. The largest absolute Gasteiger partial charge is 0.357 e. The van der Waals surface area contributed by atoms with Crippen LogP contribution in [0.4, 0.5) is 0 Å². The molecular weight excluding hydrogens is 340 g/mol. The molecule has 0 spiro atoms. The lowest BCUT2D eigenvalue weighted by Gasteiger charge is -2.15. The molecule has 0 saturated carbocycles. The van der Waals surface area contributed by atoms with Crippen LogP contribution in [-0.4, -0.2) is 59.3 Å². The number of aromatic nitrogens is 2. The number of likely N-dealkylation sites (tertiary alicyclic amines) is 1. The molecule has 2 heterocycles. The molecule has 2 aromatic rings. The second-order valence-corrected chi connectivity index (χ2v) is 6.58. The van der Waals surface area contributed by atoms with E-state index in [-0.39, 0.29) is 12.5 Å². The summed E-state index contributed by atoms with van der Waals surface area (Å²) in [4.78, 5) is 18.5. The summed E-state index contributed by atoms with van der Waals surface area (Å²) in [5.41, 5.74) is 2.29. The van der Waals surface area contributed by atoms with Crippen LogP contribution >= 0.6 is 0 Å². The predicted octanol–water partition coefficient (Wildman–Crippen LogP) is 1.59. The molecule has 0 unspecified atom stereocenters. The molecule has 0 bridgehead atoms. The Labute approximate surface area is 160 Å². The first-order chi connectivity index (χ1) is 13.3. The highest BCUT2D eigenvalue weighted by Crippen LogP contribution is 2.09. The van der Waals surface area contributed by atoms with Crippen LogP contribution in [0, 0.1) is 0 Å². The smallest absolute Gasteiger partial charge is 0.244 e. The second kappa shape index (κ2) is 9.75. The molecule has 1 aromatic heterocycles. The summed E-state index contributed by atoms with van der Waals surface area (Å²) in [6.07, 6.45) is 6.79. The van der Waals surface area contributed by atoms with Gasteiger partial charge in [-0.1, -0.05) is 12.1 Å². The number of aliphatic imine (C=N–C) groups is 1. The Hall–Kier alpha value is -2.83. The van der Waals surface area contributed by atoms with Gasteiger partial charge in [-0.25, -0.2) is 9.67 Å². The van der Waals surface area contributed by atoms with Crippen molar-refractivity contribution in [2.75, 3.05) is 32.7 Å². The van der Waals surface area contributed by atoms with Crippen molar-refractivity contribution in [3.63, 3.8) is 0 Å². The third kappa shape index (κ3) is 5.57. The lowest BCUT2D eigenvalue weighted by atomic mass is 10.1. The van der Waals surface area contributed by atoms with Gasteiger partial charge in [-0.3, -0.25) is 4.79 Å². The van der Waals surface area contributed by atoms with E-state index in [2.05, 4.69) is 45.0 Å². The van der Waals surface area contributed by atoms with Crippen molar-refractivity contribution in [3.05, 3.63) is 48.3 Å². The van der Waals surface area contributed by atoms with E-state index in [9.17, 15) is 4.79 Å². The van der Waals surface area contributed by atoms with Crippen LogP contribution < -0.4 is 10.6 Å². The number of carbonyl (C=O) groups excluding carboxylic acids is 1. The quantitative estimate of drug-likeness (QED) is 0.575. The van der Waals surface area contributed by atoms with Crippen molar-refractivity contribution < 1.29 is 4.79 Å². The van der Waals surface area contributed by atoms with Crippen molar-refractivity contribution in [2.24, 2.45) is 4.99 Å². The first kappa shape index (κ1) is 18.9. The minimum atomic E-state index is 0.110. The third-order valence-electron chi connectivity index (χ3n) is 4.59. The SMILES string of the molecule is CCNC(=NCC(=O)N1CCCC1)NCCc1ccc(-n2cccn2)cc1. The van der Waals surface area contributed by atoms with Gasteiger partial charge in [-0.15, -0.1) is 0 Å². The molecule has 1 fully saturated rings. The first-order valence-corrected chi connectivity index (χ1v) is 9.65. The standard InChI is InChI=1S/C20H28N6O/c1-2-21-20(23-16-19(27)25-13-3-4-14-25)22-12-10-17-6-8-18(9-7-17)26-15-5-11-24-26/h5-9,11,15H,2-4,10,12-14,16H2,1H3,(H2,21,22,23). The number of nitrogens with one attached hydrogen (secondary N) is 2. The summed E-state index contributed by atoms with van der Waals surface area (Å²) < 4.78 is 1.84. The van der Waals surface area contributed by atoms with Gasteiger partial charge >= 0.3 is 0 Å². The maximum absolute atomic E-state index is 12.1. The van der Waals surface area contributed by atoms with Gasteiger partial charge in [0.05, 0.1) is 5.69 Å². The molecular formula is C20H28N6O. The number of rotatable bonds is 7. The molecule has 1 aromatic carbocycles. The summed E-state index contributed by atoms with van der Waals surface area (Å²) in [5, 5.41) is 10.7. The van der Waals surface area contributed by atoms with E-state index < -0.39 is 0 Å². The lowest BCUT2D eigenvalue weighted by molar-refractivity contribution is -0.128. The first-order valence-electron chi connectivity index (χ1n) is 9.65. The van der Waals surface area contributed by atoms with Crippen molar-refractivity contribution in [2.45, 2.75) is 26.2 Å². The van der Waals surface area contributed by atoms with Crippen LogP contribution in [0.25, 0.3) is 5.69 Å². The van der Waals surface area contributed by atoms with Gasteiger partial charge in [-0.2, -0.15) is 5.10 Å². The van der Waals surface area contributed by atoms with E-state index in [1.807, 2.05) is 28.8 Å². The summed E-state index contributed by atoms with van der Waals surface area (Å²) in [5.74, 6) is 0.803. The molecule has 144 valence electrons. The monoisotopic (exact) mass is 368 g/mol. The van der Waals surface area contributed by atoms with Gasteiger partial charge in [-0.05, 0) is 49.9 Å². The van der Waals surface area contributed by atoms with Crippen molar-refractivity contribution in [1.29, 1.82) is 0 Å². The Kier molecular flexibility index (Phi) is 6.84. The number of benzene rings is 1. The fraction of sp³-hybridized carbons (Fsp3) is 0.450. The molecule has 1 amide bonds. The number of amides is 1. The maximum atomic E-state index is 12.1. The van der Waals surface area contributed by atoms with Gasteiger partial charge in [0.25, 0.3) is 0 Å².